The maximum atomic E-state index is 13.0. The van der Waals surface area contributed by atoms with Gasteiger partial charge in [-0.25, -0.2) is 4.79 Å². The Morgan fingerprint density at radius 2 is 1.94 bits per heavy atom. The highest BCUT2D eigenvalue weighted by molar-refractivity contribution is 6.18. The van der Waals surface area contributed by atoms with E-state index in [1.54, 1.807) is 6.92 Å². The van der Waals surface area contributed by atoms with Gasteiger partial charge in [0.2, 0.25) is 0 Å². The summed E-state index contributed by atoms with van der Waals surface area (Å²) in [5.74, 6) is 0.398. The highest BCUT2D eigenvalue weighted by Gasteiger charge is 2.50. The third kappa shape index (κ3) is 5.37. The number of carbonyl (C=O) groups excluding carboxylic acids is 2. The lowest BCUT2D eigenvalue weighted by Crippen LogP contribution is -2.66. The van der Waals surface area contributed by atoms with Gasteiger partial charge in [-0.05, 0) is 52.0 Å². The topological polar surface area (TPSA) is 107 Å². The summed E-state index contributed by atoms with van der Waals surface area (Å²) in [6.07, 6.45) is 3.18. The molecule has 0 bridgehead atoms. The lowest BCUT2D eigenvalue weighted by molar-refractivity contribution is -0.142. The van der Waals surface area contributed by atoms with Crippen molar-refractivity contribution < 1.29 is 19.1 Å². The fraction of sp³-hybridized carbons (Fsp3) is 0.778. The van der Waals surface area contributed by atoms with Crippen molar-refractivity contribution in [3.8, 4) is 0 Å². The molecule has 3 aliphatic heterocycles. The molecule has 1 saturated heterocycles. The van der Waals surface area contributed by atoms with E-state index in [1.165, 1.54) is 0 Å². The molecule has 0 aromatic heterocycles. The zero-order valence-corrected chi connectivity index (χ0v) is 22.8. The van der Waals surface area contributed by atoms with Gasteiger partial charge in [-0.3, -0.25) is 14.7 Å². The molecular weight excluding hydrogens is 458 g/mol. The zero-order chi connectivity index (χ0) is 26.3. The van der Waals surface area contributed by atoms with Crippen LogP contribution in [0.2, 0.25) is 0 Å². The van der Waals surface area contributed by atoms with Crippen molar-refractivity contribution in [2.75, 3.05) is 39.4 Å². The number of hydrogen-bond donors (Lipinski definition) is 2. The Balaban J connectivity index is 1.51. The SMILES string of the molecule is CCOC(=O)CCNC(=O)N1CCN(C2(C)N=C(C3CC3)C3=C(CC(C)(C)OC3)C2=N)CC1C(C)C. The molecule has 0 radical (unpaired) electrons. The van der Waals surface area contributed by atoms with Gasteiger partial charge >= 0.3 is 12.0 Å². The fourth-order valence-corrected chi connectivity index (χ4v) is 5.61. The van der Waals surface area contributed by atoms with Gasteiger partial charge in [-0.15, -0.1) is 0 Å². The van der Waals surface area contributed by atoms with Crippen LogP contribution in [0.5, 0.6) is 0 Å². The van der Waals surface area contributed by atoms with Crippen LogP contribution in [0.4, 0.5) is 4.79 Å². The number of dihydropyridines is 1. The number of amides is 2. The number of esters is 1. The number of urea groups is 1. The Kier molecular flexibility index (Phi) is 7.62. The summed E-state index contributed by atoms with van der Waals surface area (Å²) in [7, 11) is 0. The minimum absolute atomic E-state index is 0.0212. The van der Waals surface area contributed by atoms with Gasteiger partial charge in [-0.2, -0.15) is 0 Å². The molecule has 36 heavy (non-hydrogen) atoms. The van der Waals surface area contributed by atoms with E-state index in [0.717, 1.165) is 36.1 Å². The van der Waals surface area contributed by atoms with E-state index in [9.17, 15) is 15.0 Å². The van der Waals surface area contributed by atoms with Crippen molar-refractivity contribution in [2.45, 2.75) is 84.5 Å². The summed E-state index contributed by atoms with van der Waals surface area (Å²) in [5.41, 5.74) is 2.92. The van der Waals surface area contributed by atoms with Gasteiger partial charge in [-0.1, -0.05) is 13.8 Å². The molecule has 0 spiro atoms. The van der Waals surface area contributed by atoms with Crippen LogP contribution in [-0.4, -0.2) is 89.9 Å². The van der Waals surface area contributed by atoms with Gasteiger partial charge in [0.25, 0.3) is 0 Å². The molecular formula is C27H43N5O4. The first kappa shape index (κ1) is 26.8. The Morgan fingerprint density at radius 1 is 1.22 bits per heavy atom. The maximum Gasteiger partial charge on any atom is 0.317 e. The van der Waals surface area contributed by atoms with E-state index in [0.29, 0.717) is 44.5 Å². The van der Waals surface area contributed by atoms with E-state index >= 15 is 0 Å². The average molecular weight is 502 g/mol. The molecule has 2 unspecified atom stereocenters. The predicted octanol–water partition coefficient (Wildman–Crippen LogP) is 3.39. The summed E-state index contributed by atoms with van der Waals surface area (Å²) in [4.78, 5) is 34.1. The molecule has 4 rings (SSSR count). The monoisotopic (exact) mass is 501 g/mol. The Morgan fingerprint density at radius 3 is 2.58 bits per heavy atom. The van der Waals surface area contributed by atoms with E-state index in [-0.39, 0.29) is 42.5 Å². The molecule has 1 aliphatic carbocycles. The Bertz CT molecular complexity index is 967. The smallest absolute Gasteiger partial charge is 0.317 e. The standard InChI is InChI=1S/C27H43N5O4/c1-7-35-22(33)10-11-29-25(34)32-13-12-31(15-21(32)17(2)3)27(6)24(28)19-14-26(4,5)36-16-20(19)23(30-27)18-8-9-18/h17-18,21,28H,7-16H2,1-6H3,(H,29,34). The number of piperazine rings is 1. The molecule has 200 valence electrons. The second-order valence-electron chi connectivity index (χ2n) is 11.6. The van der Waals surface area contributed by atoms with Gasteiger partial charge in [0.05, 0.1) is 30.9 Å². The van der Waals surface area contributed by atoms with Crippen molar-refractivity contribution in [3.05, 3.63) is 11.1 Å². The number of nitrogens with one attached hydrogen (secondary N) is 2. The van der Waals surface area contributed by atoms with Crippen molar-refractivity contribution in [3.63, 3.8) is 0 Å². The molecule has 1 saturated carbocycles. The summed E-state index contributed by atoms with van der Waals surface area (Å²) < 4.78 is 11.1. The van der Waals surface area contributed by atoms with E-state index in [4.69, 9.17) is 14.5 Å². The summed E-state index contributed by atoms with van der Waals surface area (Å²) in [5, 5.41) is 12.2. The minimum Gasteiger partial charge on any atom is -0.466 e. The molecule has 2 amide bonds. The summed E-state index contributed by atoms with van der Waals surface area (Å²) in [6.45, 7) is 15.3. The lowest BCUT2D eigenvalue weighted by atomic mass is 9.79. The van der Waals surface area contributed by atoms with Crippen LogP contribution in [0.15, 0.2) is 16.1 Å². The molecule has 9 nitrogen and oxygen atoms in total. The van der Waals surface area contributed by atoms with Crippen LogP contribution in [0.25, 0.3) is 0 Å². The molecule has 2 atom stereocenters. The number of carbonyl (C=O) groups is 2. The third-order valence-electron chi connectivity index (χ3n) is 7.94. The molecule has 4 aliphatic rings. The molecule has 3 heterocycles. The van der Waals surface area contributed by atoms with Gasteiger partial charge < -0.3 is 25.1 Å². The Hall–Kier alpha value is -2.26. The van der Waals surface area contributed by atoms with Crippen molar-refractivity contribution in [1.29, 1.82) is 5.41 Å². The zero-order valence-electron chi connectivity index (χ0n) is 22.8. The largest absolute Gasteiger partial charge is 0.466 e. The Labute approximate surface area is 215 Å². The number of nitrogens with zero attached hydrogens (tertiary/aromatic N) is 3. The quantitative estimate of drug-likeness (QED) is 0.520. The second kappa shape index (κ2) is 10.2. The molecule has 0 aromatic rings. The van der Waals surface area contributed by atoms with Crippen LogP contribution in [-0.2, 0) is 14.3 Å². The number of ether oxygens (including phenoxy) is 2. The predicted molar refractivity (Wildman–Crippen MR) is 140 cm³/mol. The van der Waals surface area contributed by atoms with Gasteiger partial charge in [0.15, 0.2) is 5.66 Å². The van der Waals surface area contributed by atoms with Crippen molar-refractivity contribution in [2.24, 2.45) is 16.8 Å². The normalized spacial score (nSPS) is 28.6. The van der Waals surface area contributed by atoms with Crippen LogP contribution < -0.4 is 5.32 Å². The third-order valence-corrected chi connectivity index (χ3v) is 7.94. The first-order valence-electron chi connectivity index (χ1n) is 13.5. The van der Waals surface area contributed by atoms with Crippen LogP contribution in [0.1, 0.15) is 67.2 Å². The number of hydrogen-bond acceptors (Lipinski definition) is 7. The van der Waals surface area contributed by atoms with Crippen LogP contribution >= 0.6 is 0 Å². The number of aliphatic imine (C=N–C) groups is 1. The summed E-state index contributed by atoms with van der Waals surface area (Å²) >= 11 is 0. The van der Waals surface area contributed by atoms with Gasteiger partial charge in [0.1, 0.15) is 0 Å². The first-order valence-corrected chi connectivity index (χ1v) is 13.5. The average Bonchev–Trinajstić information content (AvgIpc) is 3.66. The fourth-order valence-electron chi connectivity index (χ4n) is 5.61. The van der Waals surface area contributed by atoms with Crippen LogP contribution in [0, 0.1) is 17.2 Å². The first-order chi connectivity index (χ1) is 17.0. The van der Waals surface area contributed by atoms with Crippen molar-refractivity contribution in [1.82, 2.24) is 15.1 Å². The van der Waals surface area contributed by atoms with Crippen molar-refractivity contribution >= 4 is 23.4 Å². The van der Waals surface area contributed by atoms with Gasteiger partial charge in [0, 0.05) is 55.8 Å². The molecule has 0 aromatic carbocycles. The number of rotatable bonds is 7. The van der Waals surface area contributed by atoms with E-state index < -0.39 is 5.66 Å². The minimum atomic E-state index is -0.746. The van der Waals surface area contributed by atoms with E-state index in [1.807, 2.05) is 4.90 Å². The lowest BCUT2D eigenvalue weighted by Gasteiger charge is -2.51. The maximum absolute atomic E-state index is 13.0. The summed E-state index contributed by atoms with van der Waals surface area (Å²) in [6, 6.07) is -0.174. The molecule has 2 N–H and O–H groups in total. The second-order valence-corrected chi connectivity index (χ2v) is 11.6. The highest BCUT2D eigenvalue weighted by Crippen LogP contribution is 2.44. The molecule has 2 fully saturated rings. The van der Waals surface area contributed by atoms with E-state index in [2.05, 4.69) is 44.8 Å². The molecule has 9 heteroatoms. The highest BCUT2D eigenvalue weighted by atomic mass is 16.5. The van der Waals surface area contributed by atoms with Crippen LogP contribution in [0.3, 0.4) is 0 Å².